The number of carbonyl (C=O) groups is 1. The first-order chi connectivity index (χ1) is 7.65. The molecule has 6 heteroatoms. The summed E-state index contributed by atoms with van der Waals surface area (Å²) in [6.45, 7) is 1.58. The maximum Gasteiger partial charge on any atom is 1.00 e. The first kappa shape index (κ1) is 22.9. The fourth-order valence-electron chi connectivity index (χ4n) is 1.06. The van der Waals surface area contributed by atoms with E-state index in [1.807, 2.05) is 30.3 Å². The molecule has 0 atom stereocenters. The number of allylic oxidation sites excluding steroid dienone is 1. The van der Waals surface area contributed by atoms with Crippen LogP contribution in [0.1, 0.15) is 12.5 Å². The largest absolute Gasteiger partial charge is 1.00 e. The van der Waals surface area contributed by atoms with E-state index in [0.717, 1.165) is 5.56 Å². The van der Waals surface area contributed by atoms with Gasteiger partial charge >= 0.3 is 65.3 Å². The quantitative estimate of drug-likeness (QED) is 0.310. The molecular weight excluding hydrogens is 254 g/mol. The Morgan fingerprint density at radius 3 is 2.00 bits per heavy atom. The molecular formula is C12H10Na2O4. The van der Waals surface area contributed by atoms with Crippen molar-refractivity contribution in [2.75, 3.05) is 0 Å². The molecule has 0 aliphatic carbocycles. The van der Waals surface area contributed by atoms with Gasteiger partial charge in [0.1, 0.15) is 0 Å². The molecule has 0 aromatic heterocycles. The molecule has 1 aromatic rings. The number of hydrogen-bond acceptors (Lipinski definition) is 4. The van der Waals surface area contributed by atoms with E-state index in [9.17, 15) is 9.90 Å². The molecule has 0 heterocycles. The molecule has 84 valence electrons. The molecule has 0 saturated heterocycles. The smallest absolute Gasteiger partial charge is 0.658 e. The van der Waals surface area contributed by atoms with Crippen molar-refractivity contribution >= 4 is 12.1 Å². The van der Waals surface area contributed by atoms with Crippen molar-refractivity contribution in [3.8, 4) is 0 Å². The van der Waals surface area contributed by atoms with Crippen LogP contribution in [0, 0.1) is 6.08 Å². The molecule has 0 bridgehead atoms. The molecule has 1 rings (SSSR count). The molecule has 0 unspecified atom stereocenters. The Morgan fingerprint density at radius 2 is 1.67 bits per heavy atom. The maximum atomic E-state index is 10.5. The summed E-state index contributed by atoms with van der Waals surface area (Å²) in [5.74, 6) is -1.15. The third-order valence-electron chi connectivity index (χ3n) is 1.77. The van der Waals surface area contributed by atoms with E-state index in [1.165, 1.54) is 0 Å². The Labute approximate surface area is 150 Å². The average molecular weight is 264 g/mol. The van der Waals surface area contributed by atoms with E-state index in [1.54, 1.807) is 6.92 Å². The summed E-state index contributed by atoms with van der Waals surface area (Å²) in [5, 5.41) is 10.5. The van der Waals surface area contributed by atoms with Crippen LogP contribution in [0.2, 0.25) is 0 Å². The van der Waals surface area contributed by atoms with Gasteiger partial charge in [-0.2, -0.15) is 15.2 Å². The Kier molecular flexibility index (Phi) is 19.0. The Bertz CT molecular complexity index is 396. The van der Waals surface area contributed by atoms with Crippen molar-refractivity contribution in [1.29, 1.82) is 0 Å². The minimum absolute atomic E-state index is 0. The van der Waals surface area contributed by atoms with Crippen LogP contribution < -0.4 is 64.2 Å². The maximum absolute atomic E-state index is 10.5. The van der Waals surface area contributed by atoms with Gasteiger partial charge in [-0.15, -0.1) is 12.9 Å². The molecule has 0 N–H and O–H groups in total. The average Bonchev–Trinajstić information content (AvgIpc) is 2.28. The van der Waals surface area contributed by atoms with Crippen molar-refractivity contribution in [3.63, 3.8) is 0 Å². The SMILES string of the molecule is C[C-]=C(Cc1ccccc1)C(=O)[O-].O=C=O.[Na+].[Na+]. The van der Waals surface area contributed by atoms with Crippen LogP contribution in [0.5, 0.6) is 0 Å². The number of aliphatic carboxylic acids is 1. The van der Waals surface area contributed by atoms with Crippen molar-refractivity contribution in [1.82, 2.24) is 0 Å². The Balaban J connectivity index is -0.000000410. The molecule has 4 nitrogen and oxygen atoms in total. The summed E-state index contributed by atoms with van der Waals surface area (Å²) in [5.41, 5.74) is 1.15. The summed E-state index contributed by atoms with van der Waals surface area (Å²) in [4.78, 5) is 26.8. The van der Waals surface area contributed by atoms with Gasteiger partial charge in [0.15, 0.2) is 0 Å². The van der Waals surface area contributed by atoms with Crippen LogP contribution in [0.3, 0.4) is 0 Å². The predicted octanol–water partition coefficient (Wildman–Crippen LogP) is -5.85. The summed E-state index contributed by atoms with van der Waals surface area (Å²) >= 11 is 0. The summed E-state index contributed by atoms with van der Waals surface area (Å²) < 4.78 is 0. The fourth-order valence-corrected chi connectivity index (χ4v) is 1.06. The molecule has 0 fully saturated rings. The number of carbonyl (C=O) groups excluding carboxylic acids is 3. The fraction of sp³-hybridized carbons (Fsp3) is 0.167. The van der Waals surface area contributed by atoms with Gasteiger partial charge in [0, 0.05) is 0 Å². The van der Waals surface area contributed by atoms with Crippen molar-refractivity contribution in [2.24, 2.45) is 0 Å². The molecule has 0 saturated carbocycles. The van der Waals surface area contributed by atoms with Crippen LogP contribution in [-0.2, 0) is 20.8 Å². The minimum Gasteiger partial charge on any atom is -0.658 e. The van der Waals surface area contributed by atoms with E-state index < -0.39 is 5.97 Å². The van der Waals surface area contributed by atoms with Crippen molar-refractivity contribution in [2.45, 2.75) is 13.3 Å². The number of hydrogen-bond donors (Lipinski definition) is 0. The van der Waals surface area contributed by atoms with Crippen LogP contribution in [-0.4, -0.2) is 12.1 Å². The zero-order chi connectivity index (χ0) is 12.4. The molecule has 0 spiro atoms. The van der Waals surface area contributed by atoms with E-state index >= 15 is 0 Å². The molecule has 0 amide bonds. The Morgan fingerprint density at radius 1 is 1.22 bits per heavy atom. The minimum atomic E-state index is -1.15. The number of rotatable bonds is 3. The predicted molar refractivity (Wildman–Crippen MR) is 52.6 cm³/mol. The molecule has 1 aromatic carbocycles. The number of benzene rings is 1. The van der Waals surface area contributed by atoms with Gasteiger partial charge in [0.2, 0.25) is 0 Å². The van der Waals surface area contributed by atoms with E-state index in [4.69, 9.17) is 9.59 Å². The summed E-state index contributed by atoms with van der Waals surface area (Å²) in [6, 6.07) is 9.39. The second kappa shape index (κ2) is 14.9. The summed E-state index contributed by atoms with van der Waals surface area (Å²) in [7, 11) is 0. The zero-order valence-electron chi connectivity index (χ0n) is 10.7. The summed E-state index contributed by atoms with van der Waals surface area (Å²) in [6.07, 6.45) is 3.23. The van der Waals surface area contributed by atoms with Gasteiger partial charge in [-0.1, -0.05) is 30.3 Å². The topological polar surface area (TPSA) is 74.3 Å². The Hall–Kier alpha value is -0.190. The normalized spacial score (nSPS) is 8.61. The van der Waals surface area contributed by atoms with Gasteiger partial charge in [0.25, 0.3) is 0 Å². The van der Waals surface area contributed by atoms with Crippen LogP contribution in [0.4, 0.5) is 0 Å². The first-order valence-electron chi connectivity index (χ1n) is 4.43. The van der Waals surface area contributed by atoms with Gasteiger partial charge in [-0.3, -0.25) is 6.08 Å². The monoisotopic (exact) mass is 264 g/mol. The zero-order valence-corrected chi connectivity index (χ0v) is 14.7. The molecule has 0 radical (unpaired) electrons. The van der Waals surface area contributed by atoms with Crippen molar-refractivity contribution in [3.05, 3.63) is 47.5 Å². The third-order valence-corrected chi connectivity index (χ3v) is 1.77. The van der Waals surface area contributed by atoms with E-state index in [-0.39, 0.29) is 70.8 Å². The van der Waals surface area contributed by atoms with E-state index in [2.05, 4.69) is 6.08 Å². The van der Waals surface area contributed by atoms with Crippen molar-refractivity contribution < 1.29 is 78.6 Å². The number of carboxylic acid groups (broad SMARTS) is 1. The standard InChI is InChI=1S/C11H11O2.CO2.2Na/c1-2-10(11(12)13)8-9-6-4-3-5-7-9;2-1-3;;/h3-7H,8H2,1H3,(H,12,13);;;/q-1;;2*+1/p-1. The van der Waals surface area contributed by atoms with Crippen LogP contribution in [0.15, 0.2) is 35.9 Å². The van der Waals surface area contributed by atoms with Gasteiger partial charge in [0.05, 0.1) is 0 Å². The third kappa shape index (κ3) is 10.9. The van der Waals surface area contributed by atoms with Gasteiger partial charge < -0.3 is 9.90 Å². The van der Waals surface area contributed by atoms with E-state index in [0.29, 0.717) is 6.42 Å². The van der Waals surface area contributed by atoms with Gasteiger partial charge in [-0.05, 0) is 12.0 Å². The second-order valence-electron chi connectivity index (χ2n) is 2.76. The van der Waals surface area contributed by atoms with Gasteiger partial charge in [-0.25, -0.2) is 0 Å². The molecule has 0 aliphatic rings. The molecule has 0 aliphatic heterocycles. The number of carboxylic acids is 1. The molecule has 18 heavy (non-hydrogen) atoms. The first-order valence-corrected chi connectivity index (χ1v) is 4.43. The van der Waals surface area contributed by atoms with Crippen LogP contribution >= 0.6 is 0 Å². The van der Waals surface area contributed by atoms with Crippen LogP contribution in [0.25, 0.3) is 0 Å². The second-order valence-corrected chi connectivity index (χ2v) is 2.76.